The predicted molar refractivity (Wildman–Crippen MR) is 114 cm³/mol. The van der Waals surface area contributed by atoms with E-state index in [-0.39, 0.29) is 17.6 Å². The summed E-state index contributed by atoms with van der Waals surface area (Å²) in [6, 6.07) is 17.1. The Morgan fingerprint density at radius 1 is 0.621 bits per heavy atom. The van der Waals surface area contributed by atoms with Gasteiger partial charge in [0.1, 0.15) is 23.7 Å². The Morgan fingerprint density at radius 3 is 1.31 bits per heavy atom. The molecule has 0 unspecified atom stereocenters. The van der Waals surface area contributed by atoms with Gasteiger partial charge in [0, 0.05) is 31.1 Å². The molecule has 2 heterocycles. The summed E-state index contributed by atoms with van der Waals surface area (Å²) in [5.74, 6) is 1.88. The smallest absolute Gasteiger partial charge is 0.119 e. The molecule has 0 aromatic heterocycles. The van der Waals surface area contributed by atoms with Crippen molar-refractivity contribution in [3.05, 3.63) is 59.7 Å². The topological polar surface area (TPSA) is 36.9 Å². The highest BCUT2D eigenvalue weighted by molar-refractivity contribution is 5.42. The Morgan fingerprint density at radius 2 is 0.966 bits per heavy atom. The first kappa shape index (κ1) is 20.2. The lowest BCUT2D eigenvalue weighted by Gasteiger charge is -2.28. The van der Waals surface area contributed by atoms with E-state index in [4.69, 9.17) is 18.9 Å². The molecule has 0 spiro atoms. The molecule has 4 nitrogen and oxygen atoms in total. The van der Waals surface area contributed by atoms with Crippen LogP contribution in [0.1, 0.15) is 50.7 Å². The molecule has 0 radical (unpaired) electrons. The third-order valence-electron chi connectivity index (χ3n) is 6.09. The van der Waals surface area contributed by atoms with Gasteiger partial charge in [0.25, 0.3) is 0 Å². The molecule has 4 heteroatoms. The Hall–Kier alpha value is -2.04. The maximum atomic E-state index is 6.11. The van der Waals surface area contributed by atoms with Crippen molar-refractivity contribution in [2.24, 2.45) is 0 Å². The highest BCUT2D eigenvalue weighted by Crippen LogP contribution is 2.34. The van der Waals surface area contributed by atoms with E-state index in [9.17, 15) is 0 Å². The maximum Gasteiger partial charge on any atom is 0.119 e. The quantitative estimate of drug-likeness (QED) is 0.678. The predicted octanol–water partition coefficient (Wildman–Crippen LogP) is 5.13. The minimum absolute atomic E-state index is 0.0889. The van der Waals surface area contributed by atoms with Crippen molar-refractivity contribution in [1.82, 2.24) is 0 Å². The summed E-state index contributed by atoms with van der Waals surface area (Å²) in [5, 5.41) is 0. The summed E-state index contributed by atoms with van der Waals surface area (Å²) >= 11 is 0. The summed E-state index contributed by atoms with van der Waals surface area (Å²) in [6.45, 7) is 7.70. The number of ether oxygens (including phenoxy) is 4. The van der Waals surface area contributed by atoms with Gasteiger partial charge in [0.05, 0.1) is 26.4 Å². The molecule has 156 valence electrons. The van der Waals surface area contributed by atoms with Gasteiger partial charge >= 0.3 is 0 Å². The van der Waals surface area contributed by atoms with Crippen LogP contribution in [0, 0.1) is 0 Å². The van der Waals surface area contributed by atoms with Gasteiger partial charge in [-0.15, -0.1) is 0 Å². The second kappa shape index (κ2) is 9.19. The molecule has 29 heavy (non-hydrogen) atoms. The number of rotatable bonds is 6. The first-order valence-corrected chi connectivity index (χ1v) is 10.8. The van der Waals surface area contributed by atoms with Crippen molar-refractivity contribution in [2.75, 3.05) is 26.4 Å². The SMILES string of the molecule is CC(C)(c1ccc(OC2CCOCC2)cc1)c1ccc(OC2CCOCC2)cc1. The van der Waals surface area contributed by atoms with Gasteiger partial charge in [-0.25, -0.2) is 0 Å². The van der Waals surface area contributed by atoms with E-state index in [2.05, 4.69) is 62.4 Å². The summed E-state index contributed by atoms with van der Waals surface area (Å²) in [6.07, 6.45) is 4.41. The van der Waals surface area contributed by atoms with Gasteiger partial charge in [-0.3, -0.25) is 0 Å². The first-order chi connectivity index (χ1) is 14.1. The molecule has 2 aliphatic heterocycles. The molecule has 0 N–H and O–H groups in total. The van der Waals surface area contributed by atoms with E-state index in [0.29, 0.717) is 0 Å². The molecule has 2 fully saturated rings. The van der Waals surface area contributed by atoms with E-state index < -0.39 is 0 Å². The highest BCUT2D eigenvalue weighted by Gasteiger charge is 2.24. The average Bonchev–Trinajstić information content (AvgIpc) is 2.76. The minimum atomic E-state index is -0.0889. The van der Waals surface area contributed by atoms with E-state index in [1.807, 2.05) is 0 Å². The molecule has 4 rings (SSSR count). The molecule has 2 aromatic carbocycles. The van der Waals surface area contributed by atoms with E-state index in [0.717, 1.165) is 63.6 Å². The molecular weight excluding hydrogens is 364 g/mol. The molecule has 2 saturated heterocycles. The van der Waals surface area contributed by atoms with Crippen molar-refractivity contribution in [3.8, 4) is 11.5 Å². The Labute approximate surface area is 174 Å². The van der Waals surface area contributed by atoms with E-state index >= 15 is 0 Å². The van der Waals surface area contributed by atoms with Crippen LogP contribution in [0.5, 0.6) is 11.5 Å². The normalized spacial score (nSPS) is 19.1. The number of hydrogen-bond donors (Lipinski definition) is 0. The molecule has 0 bridgehead atoms. The van der Waals surface area contributed by atoms with Crippen LogP contribution in [0.2, 0.25) is 0 Å². The summed E-state index contributed by atoms with van der Waals surface area (Å²) in [4.78, 5) is 0. The van der Waals surface area contributed by atoms with E-state index in [1.54, 1.807) is 0 Å². The van der Waals surface area contributed by atoms with Gasteiger partial charge in [-0.05, 0) is 35.4 Å². The average molecular weight is 397 g/mol. The van der Waals surface area contributed by atoms with Gasteiger partial charge in [0.2, 0.25) is 0 Å². The molecule has 2 aliphatic rings. The van der Waals surface area contributed by atoms with Crippen molar-refractivity contribution in [3.63, 3.8) is 0 Å². The third-order valence-corrected chi connectivity index (χ3v) is 6.09. The molecule has 0 saturated carbocycles. The second-order valence-corrected chi connectivity index (χ2v) is 8.53. The van der Waals surface area contributed by atoms with Crippen LogP contribution in [0.4, 0.5) is 0 Å². The molecule has 0 amide bonds. The van der Waals surface area contributed by atoms with Gasteiger partial charge in [-0.1, -0.05) is 38.1 Å². The molecular formula is C25H32O4. The van der Waals surface area contributed by atoms with Crippen LogP contribution in [0.25, 0.3) is 0 Å². The number of benzene rings is 2. The lowest BCUT2D eigenvalue weighted by Crippen LogP contribution is -2.26. The summed E-state index contributed by atoms with van der Waals surface area (Å²) < 4.78 is 23.0. The van der Waals surface area contributed by atoms with Crippen LogP contribution in [-0.4, -0.2) is 38.6 Å². The van der Waals surface area contributed by atoms with E-state index in [1.165, 1.54) is 11.1 Å². The van der Waals surface area contributed by atoms with Crippen LogP contribution in [-0.2, 0) is 14.9 Å². The largest absolute Gasteiger partial charge is 0.490 e. The molecule has 0 aliphatic carbocycles. The fourth-order valence-electron chi connectivity index (χ4n) is 4.04. The Balaban J connectivity index is 1.40. The van der Waals surface area contributed by atoms with Crippen LogP contribution in [0.15, 0.2) is 48.5 Å². The summed E-state index contributed by atoms with van der Waals surface area (Å²) in [5.41, 5.74) is 2.46. The van der Waals surface area contributed by atoms with Crippen LogP contribution in [0.3, 0.4) is 0 Å². The lowest BCUT2D eigenvalue weighted by molar-refractivity contribution is 0.0253. The minimum Gasteiger partial charge on any atom is -0.490 e. The highest BCUT2D eigenvalue weighted by atomic mass is 16.5. The van der Waals surface area contributed by atoms with Crippen molar-refractivity contribution >= 4 is 0 Å². The third kappa shape index (κ3) is 5.12. The van der Waals surface area contributed by atoms with Crippen molar-refractivity contribution < 1.29 is 18.9 Å². The van der Waals surface area contributed by atoms with Gasteiger partial charge in [0.15, 0.2) is 0 Å². The Kier molecular flexibility index (Phi) is 6.41. The van der Waals surface area contributed by atoms with Gasteiger partial charge < -0.3 is 18.9 Å². The zero-order valence-electron chi connectivity index (χ0n) is 17.6. The standard InChI is InChI=1S/C25H32O4/c1-25(2,19-3-7-21(8-4-19)28-23-11-15-26-16-12-23)20-5-9-22(10-6-20)29-24-13-17-27-18-14-24/h3-10,23-24H,11-18H2,1-2H3. The molecule has 2 aromatic rings. The lowest BCUT2D eigenvalue weighted by atomic mass is 9.78. The number of hydrogen-bond acceptors (Lipinski definition) is 4. The van der Waals surface area contributed by atoms with Crippen LogP contribution >= 0.6 is 0 Å². The maximum absolute atomic E-state index is 6.11. The van der Waals surface area contributed by atoms with Crippen LogP contribution < -0.4 is 9.47 Å². The van der Waals surface area contributed by atoms with Crippen molar-refractivity contribution in [1.29, 1.82) is 0 Å². The fourth-order valence-corrected chi connectivity index (χ4v) is 4.04. The molecule has 0 atom stereocenters. The zero-order valence-corrected chi connectivity index (χ0v) is 17.6. The monoisotopic (exact) mass is 396 g/mol. The second-order valence-electron chi connectivity index (χ2n) is 8.53. The van der Waals surface area contributed by atoms with Gasteiger partial charge in [-0.2, -0.15) is 0 Å². The first-order valence-electron chi connectivity index (χ1n) is 10.8. The summed E-state index contributed by atoms with van der Waals surface area (Å²) in [7, 11) is 0. The van der Waals surface area contributed by atoms with Crippen molar-refractivity contribution in [2.45, 2.75) is 57.2 Å². The zero-order chi connectivity index (χ0) is 20.1. The fraction of sp³-hybridized carbons (Fsp3) is 0.520. The Bertz CT molecular complexity index is 689.